The molecule has 106 valence electrons. The highest BCUT2D eigenvalue weighted by molar-refractivity contribution is 5.92. The number of rotatable bonds is 6. The number of hydrogen-bond acceptors (Lipinski definition) is 2. The van der Waals surface area contributed by atoms with Gasteiger partial charge in [-0.3, -0.25) is 4.79 Å². The minimum absolute atomic E-state index is 0.0326. The third kappa shape index (κ3) is 4.95. The molecule has 1 atom stereocenters. The van der Waals surface area contributed by atoms with Gasteiger partial charge in [0.1, 0.15) is 17.3 Å². The summed E-state index contributed by atoms with van der Waals surface area (Å²) >= 11 is 0. The largest absolute Gasteiger partial charge is 0.320 e. The second-order valence-corrected chi connectivity index (χ2v) is 5.00. The topological polar surface area (TPSA) is 41.1 Å². The van der Waals surface area contributed by atoms with Crippen LogP contribution in [0.4, 0.5) is 14.5 Å². The normalized spacial score (nSPS) is 12.5. The van der Waals surface area contributed by atoms with Crippen LogP contribution in [-0.4, -0.2) is 19.0 Å². The summed E-state index contributed by atoms with van der Waals surface area (Å²) in [5, 5.41) is 5.20. The zero-order valence-electron chi connectivity index (χ0n) is 11.5. The maximum atomic E-state index is 13.3. The summed E-state index contributed by atoms with van der Waals surface area (Å²) in [5.41, 5.74) is -0.397. The molecule has 2 N–H and O–H groups in total. The average molecular weight is 270 g/mol. The predicted molar refractivity (Wildman–Crippen MR) is 71.9 cm³/mol. The lowest BCUT2D eigenvalue weighted by Gasteiger charge is -2.16. The fourth-order valence-corrected chi connectivity index (χ4v) is 1.45. The highest BCUT2D eigenvalue weighted by Crippen LogP contribution is 2.17. The van der Waals surface area contributed by atoms with Crippen LogP contribution in [0, 0.1) is 23.5 Å². The second kappa shape index (κ2) is 7.19. The maximum absolute atomic E-state index is 13.3. The van der Waals surface area contributed by atoms with Gasteiger partial charge in [-0.2, -0.15) is 0 Å². The first-order valence-corrected chi connectivity index (χ1v) is 6.36. The fourth-order valence-electron chi connectivity index (χ4n) is 1.45. The molecule has 0 saturated carbocycles. The van der Waals surface area contributed by atoms with E-state index in [-0.39, 0.29) is 6.54 Å². The van der Waals surface area contributed by atoms with Crippen molar-refractivity contribution in [2.24, 2.45) is 11.8 Å². The highest BCUT2D eigenvalue weighted by atomic mass is 19.1. The molecule has 0 radical (unpaired) electrons. The van der Waals surface area contributed by atoms with Crippen LogP contribution in [0.1, 0.15) is 20.8 Å². The summed E-state index contributed by atoms with van der Waals surface area (Å²) in [6.45, 7) is 6.99. The molecule has 0 spiro atoms. The maximum Gasteiger partial charge on any atom is 0.238 e. The van der Waals surface area contributed by atoms with Crippen LogP contribution in [0.25, 0.3) is 0 Å². The Balaban J connectivity index is 2.44. The van der Waals surface area contributed by atoms with E-state index in [1.54, 1.807) is 0 Å². The highest BCUT2D eigenvalue weighted by Gasteiger charge is 2.12. The van der Waals surface area contributed by atoms with Gasteiger partial charge in [0.25, 0.3) is 0 Å². The third-order valence-electron chi connectivity index (χ3n) is 3.12. The third-order valence-corrected chi connectivity index (χ3v) is 3.12. The van der Waals surface area contributed by atoms with Gasteiger partial charge in [-0.25, -0.2) is 8.78 Å². The molecule has 1 aromatic carbocycles. The minimum atomic E-state index is -0.774. The van der Waals surface area contributed by atoms with Gasteiger partial charge < -0.3 is 10.6 Å². The van der Waals surface area contributed by atoms with Crippen molar-refractivity contribution in [3.63, 3.8) is 0 Å². The van der Waals surface area contributed by atoms with Gasteiger partial charge in [0.05, 0.1) is 6.54 Å². The summed E-state index contributed by atoms with van der Waals surface area (Å²) in [6, 6.07) is 3.46. The molecule has 0 bridgehead atoms. The number of nitrogens with one attached hydrogen (secondary N) is 2. The number of anilines is 1. The molecule has 1 aromatic rings. The molecule has 0 heterocycles. The number of para-hydroxylation sites is 1. The lowest BCUT2D eigenvalue weighted by molar-refractivity contribution is -0.115. The summed E-state index contributed by atoms with van der Waals surface area (Å²) < 4.78 is 26.6. The first-order chi connectivity index (χ1) is 8.91. The fraction of sp³-hybridized carbons (Fsp3) is 0.500. The van der Waals surface area contributed by atoms with Crippen LogP contribution in [0.5, 0.6) is 0 Å². The number of amides is 1. The molecule has 0 aliphatic carbocycles. The molecule has 19 heavy (non-hydrogen) atoms. The number of benzene rings is 1. The Hall–Kier alpha value is -1.49. The van der Waals surface area contributed by atoms with Crippen LogP contribution in [0.3, 0.4) is 0 Å². The van der Waals surface area contributed by atoms with Gasteiger partial charge in [-0.15, -0.1) is 0 Å². The Morgan fingerprint density at radius 1 is 1.21 bits per heavy atom. The molecule has 3 nitrogen and oxygen atoms in total. The Morgan fingerprint density at radius 3 is 2.32 bits per heavy atom. The summed E-state index contributed by atoms with van der Waals surface area (Å²) in [7, 11) is 0. The standard InChI is InChI=1S/C14H20F2N2O/c1-9(2)10(3)7-17-8-13(19)18-14-11(15)5-4-6-12(14)16/h4-6,9-10,17H,7-8H2,1-3H3,(H,18,19). The van der Waals surface area contributed by atoms with Crippen molar-refractivity contribution in [1.82, 2.24) is 5.32 Å². The van der Waals surface area contributed by atoms with Crippen LogP contribution >= 0.6 is 0 Å². The van der Waals surface area contributed by atoms with Gasteiger partial charge in [-0.1, -0.05) is 26.8 Å². The van der Waals surface area contributed by atoms with E-state index in [0.29, 0.717) is 18.4 Å². The van der Waals surface area contributed by atoms with E-state index >= 15 is 0 Å². The van der Waals surface area contributed by atoms with Crippen molar-refractivity contribution in [2.45, 2.75) is 20.8 Å². The van der Waals surface area contributed by atoms with E-state index < -0.39 is 23.2 Å². The summed E-state index contributed by atoms with van der Waals surface area (Å²) in [5.74, 6) is -1.06. The van der Waals surface area contributed by atoms with Crippen LogP contribution in [0.15, 0.2) is 18.2 Å². The zero-order valence-corrected chi connectivity index (χ0v) is 11.5. The first-order valence-electron chi connectivity index (χ1n) is 6.36. The predicted octanol–water partition coefficient (Wildman–Crippen LogP) is 2.79. The van der Waals surface area contributed by atoms with Gasteiger partial charge in [-0.05, 0) is 30.5 Å². The average Bonchev–Trinajstić information content (AvgIpc) is 2.33. The van der Waals surface area contributed by atoms with Gasteiger partial charge >= 0.3 is 0 Å². The lowest BCUT2D eigenvalue weighted by atomic mass is 9.98. The summed E-state index contributed by atoms with van der Waals surface area (Å²) in [6.07, 6.45) is 0. The van der Waals surface area contributed by atoms with Crippen molar-refractivity contribution >= 4 is 11.6 Å². The van der Waals surface area contributed by atoms with Crippen molar-refractivity contribution in [3.8, 4) is 0 Å². The Kier molecular flexibility index (Phi) is 5.89. The monoisotopic (exact) mass is 270 g/mol. The van der Waals surface area contributed by atoms with Crippen molar-refractivity contribution in [3.05, 3.63) is 29.8 Å². The minimum Gasteiger partial charge on any atom is -0.320 e. The molecule has 5 heteroatoms. The van der Waals surface area contributed by atoms with Crippen LogP contribution in [-0.2, 0) is 4.79 Å². The van der Waals surface area contributed by atoms with E-state index in [9.17, 15) is 13.6 Å². The number of carbonyl (C=O) groups excluding carboxylic acids is 1. The van der Waals surface area contributed by atoms with E-state index in [1.807, 2.05) is 0 Å². The van der Waals surface area contributed by atoms with Gasteiger partial charge in [0, 0.05) is 0 Å². The quantitative estimate of drug-likeness (QED) is 0.834. The van der Waals surface area contributed by atoms with Crippen molar-refractivity contribution in [2.75, 3.05) is 18.4 Å². The van der Waals surface area contributed by atoms with Gasteiger partial charge in [0.15, 0.2) is 0 Å². The molecule has 1 unspecified atom stereocenters. The van der Waals surface area contributed by atoms with E-state index in [2.05, 4.69) is 31.4 Å². The molecule has 1 amide bonds. The Morgan fingerprint density at radius 2 is 1.79 bits per heavy atom. The first kappa shape index (κ1) is 15.6. The number of carbonyl (C=O) groups is 1. The van der Waals surface area contributed by atoms with Crippen molar-refractivity contribution < 1.29 is 13.6 Å². The zero-order chi connectivity index (χ0) is 14.4. The molecular formula is C14H20F2N2O. The van der Waals surface area contributed by atoms with Crippen LogP contribution in [0.2, 0.25) is 0 Å². The van der Waals surface area contributed by atoms with Gasteiger partial charge in [0.2, 0.25) is 5.91 Å². The molecule has 1 rings (SSSR count). The lowest BCUT2D eigenvalue weighted by Crippen LogP contribution is -2.32. The SMILES string of the molecule is CC(C)C(C)CNCC(=O)Nc1c(F)cccc1F. The Labute approximate surface area is 112 Å². The van der Waals surface area contributed by atoms with E-state index in [4.69, 9.17) is 0 Å². The Bertz CT molecular complexity index is 415. The van der Waals surface area contributed by atoms with E-state index in [1.165, 1.54) is 6.07 Å². The van der Waals surface area contributed by atoms with Crippen molar-refractivity contribution in [1.29, 1.82) is 0 Å². The molecule has 0 aliphatic heterocycles. The second-order valence-electron chi connectivity index (χ2n) is 5.00. The molecule has 0 aliphatic rings. The molecule has 0 aromatic heterocycles. The number of hydrogen-bond donors (Lipinski definition) is 2. The smallest absolute Gasteiger partial charge is 0.238 e. The van der Waals surface area contributed by atoms with E-state index in [0.717, 1.165) is 12.1 Å². The molecule has 0 saturated heterocycles. The number of halogens is 2. The summed E-state index contributed by atoms with van der Waals surface area (Å²) in [4.78, 5) is 11.6. The van der Waals surface area contributed by atoms with Crippen LogP contribution < -0.4 is 10.6 Å². The molecular weight excluding hydrogens is 250 g/mol. The molecule has 0 fully saturated rings.